The van der Waals surface area contributed by atoms with Crippen LogP contribution in [0.1, 0.15) is 23.2 Å². The van der Waals surface area contributed by atoms with Crippen LogP contribution in [0.2, 0.25) is 0 Å². The second-order valence-electron chi connectivity index (χ2n) is 7.13. The zero-order valence-corrected chi connectivity index (χ0v) is 15.1. The molecule has 0 N–H and O–H groups in total. The van der Waals surface area contributed by atoms with Crippen molar-refractivity contribution in [3.8, 4) is 0 Å². The lowest BCUT2D eigenvalue weighted by atomic mass is 10.1. The van der Waals surface area contributed by atoms with Crippen LogP contribution in [-0.2, 0) is 9.84 Å². The molecule has 0 saturated carbocycles. The minimum atomic E-state index is -2.98. The number of hydrogen-bond donors (Lipinski definition) is 0. The molecular weight excluding hydrogens is 340 g/mol. The van der Waals surface area contributed by atoms with Gasteiger partial charge >= 0.3 is 0 Å². The van der Waals surface area contributed by atoms with Crippen LogP contribution >= 0.6 is 0 Å². The van der Waals surface area contributed by atoms with Gasteiger partial charge in [0.25, 0.3) is 5.91 Å². The van der Waals surface area contributed by atoms with Crippen molar-refractivity contribution in [2.45, 2.75) is 18.9 Å². The summed E-state index contributed by atoms with van der Waals surface area (Å²) in [7, 11) is -2.98. The van der Waals surface area contributed by atoms with Crippen LogP contribution in [0, 0.1) is 0 Å². The molecule has 3 aliphatic rings. The lowest BCUT2D eigenvalue weighted by molar-refractivity contribution is 0.0770. The molecular formula is C17H24N4O3S. The van der Waals surface area contributed by atoms with E-state index >= 15 is 0 Å². The van der Waals surface area contributed by atoms with Gasteiger partial charge in [0.2, 0.25) is 0 Å². The van der Waals surface area contributed by atoms with Crippen LogP contribution in [0.5, 0.6) is 0 Å². The van der Waals surface area contributed by atoms with Crippen molar-refractivity contribution in [3.05, 3.63) is 23.9 Å². The fourth-order valence-corrected chi connectivity index (χ4v) is 5.20. The molecule has 0 spiro atoms. The van der Waals surface area contributed by atoms with Crippen molar-refractivity contribution in [2.75, 3.05) is 55.7 Å². The zero-order valence-electron chi connectivity index (χ0n) is 14.3. The smallest absolute Gasteiger partial charge is 0.255 e. The number of rotatable bonds is 2. The summed E-state index contributed by atoms with van der Waals surface area (Å²) in [6, 6.07) is 4.36. The normalized spacial score (nSPS) is 26.5. The van der Waals surface area contributed by atoms with E-state index in [0.717, 1.165) is 25.5 Å². The third kappa shape index (κ3) is 3.50. The summed E-state index contributed by atoms with van der Waals surface area (Å²) in [4.78, 5) is 23.5. The van der Waals surface area contributed by atoms with Gasteiger partial charge in [0.05, 0.1) is 17.1 Å². The van der Waals surface area contributed by atoms with Crippen LogP contribution in [0.4, 0.5) is 5.82 Å². The molecule has 3 saturated heterocycles. The van der Waals surface area contributed by atoms with E-state index in [-0.39, 0.29) is 30.5 Å². The molecule has 0 radical (unpaired) electrons. The van der Waals surface area contributed by atoms with E-state index in [2.05, 4.69) is 14.8 Å². The number of piperazine rings is 1. The first kappa shape index (κ1) is 16.8. The highest BCUT2D eigenvalue weighted by atomic mass is 32.2. The number of amides is 1. The van der Waals surface area contributed by atoms with E-state index in [0.29, 0.717) is 11.6 Å². The van der Waals surface area contributed by atoms with Crippen molar-refractivity contribution in [1.29, 1.82) is 0 Å². The van der Waals surface area contributed by atoms with E-state index in [1.54, 1.807) is 11.1 Å². The molecule has 0 bridgehead atoms. The van der Waals surface area contributed by atoms with Gasteiger partial charge in [-0.05, 0) is 31.5 Å². The van der Waals surface area contributed by atoms with Gasteiger partial charge in [-0.15, -0.1) is 0 Å². The van der Waals surface area contributed by atoms with Crippen molar-refractivity contribution in [1.82, 2.24) is 14.8 Å². The Bertz CT molecular complexity index is 736. The number of anilines is 1. The number of aromatic nitrogens is 1. The number of sulfone groups is 1. The van der Waals surface area contributed by atoms with Gasteiger partial charge in [0, 0.05) is 45.0 Å². The topological polar surface area (TPSA) is 73.8 Å². The van der Waals surface area contributed by atoms with Gasteiger partial charge in [0.15, 0.2) is 9.84 Å². The first-order chi connectivity index (χ1) is 12.0. The summed E-state index contributed by atoms with van der Waals surface area (Å²) in [5, 5.41) is 0. The molecule has 1 atom stereocenters. The van der Waals surface area contributed by atoms with Crippen LogP contribution in [0.25, 0.3) is 0 Å². The Balaban J connectivity index is 1.41. The molecule has 4 rings (SSSR count). The van der Waals surface area contributed by atoms with E-state index in [4.69, 9.17) is 0 Å². The second-order valence-corrected chi connectivity index (χ2v) is 9.43. The van der Waals surface area contributed by atoms with E-state index < -0.39 is 9.84 Å². The van der Waals surface area contributed by atoms with Crippen molar-refractivity contribution in [3.63, 3.8) is 0 Å². The van der Waals surface area contributed by atoms with Gasteiger partial charge in [-0.25, -0.2) is 13.4 Å². The highest BCUT2D eigenvalue weighted by Gasteiger charge is 2.31. The summed E-state index contributed by atoms with van der Waals surface area (Å²) in [6.45, 7) is 4.81. The average molecular weight is 364 g/mol. The highest BCUT2D eigenvalue weighted by Crippen LogP contribution is 2.24. The van der Waals surface area contributed by atoms with Gasteiger partial charge in [-0.3, -0.25) is 9.69 Å². The first-order valence-electron chi connectivity index (χ1n) is 8.97. The summed E-state index contributed by atoms with van der Waals surface area (Å²) in [5.74, 6) is 0.894. The Hall–Kier alpha value is -1.67. The van der Waals surface area contributed by atoms with Crippen LogP contribution in [-0.4, -0.2) is 85.9 Å². The molecule has 25 heavy (non-hydrogen) atoms. The SMILES string of the molecule is O=C(c1ccc(N2CCN3CCCC3C2)nc1)N1CCS(=O)(=O)CC1. The second kappa shape index (κ2) is 6.57. The van der Waals surface area contributed by atoms with E-state index in [1.807, 2.05) is 12.1 Å². The molecule has 4 heterocycles. The van der Waals surface area contributed by atoms with Gasteiger partial charge in [0.1, 0.15) is 5.82 Å². The Morgan fingerprint density at radius 3 is 2.60 bits per heavy atom. The molecule has 7 nitrogen and oxygen atoms in total. The fraction of sp³-hybridized carbons (Fsp3) is 0.647. The molecule has 1 aromatic rings. The molecule has 1 amide bonds. The van der Waals surface area contributed by atoms with Crippen LogP contribution in [0.15, 0.2) is 18.3 Å². The first-order valence-corrected chi connectivity index (χ1v) is 10.8. The largest absolute Gasteiger partial charge is 0.354 e. The zero-order chi connectivity index (χ0) is 17.4. The number of carbonyl (C=O) groups is 1. The third-order valence-corrected chi connectivity index (χ3v) is 7.15. The molecule has 0 aliphatic carbocycles. The Kier molecular flexibility index (Phi) is 4.41. The summed E-state index contributed by atoms with van der Waals surface area (Å²) >= 11 is 0. The fourth-order valence-electron chi connectivity index (χ4n) is 4.00. The minimum Gasteiger partial charge on any atom is -0.354 e. The minimum absolute atomic E-state index is 0.0515. The Morgan fingerprint density at radius 1 is 1.08 bits per heavy atom. The number of fused-ring (bicyclic) bond motifs is 1. The van der Waals surface area contributed by atoms with Gasteiger partial charge in [-0.2, -0.15) is 0 Å². The van der Waals surface area contributed by atoms with E-state index in [1.165, 1.54) is 19.4 Å². The van der Waals surface area contributed by atoms with E-state index in [9.17, 15) is 13.2 Å². The van der Waals surface area contributed by atoms with Crippen LogP contribution < -0.4 is 4.90 Å². The lowest BCUT2D eigenvalue weighted by Gasteiger charge is -2.38. The molecule has 3 fully saturated rings. The molecule has 0 aromatic carbocycles. The predicted molar refractivity (Wildman–Crippen MR) is 95.6 cm³/mol. The summed E-state index contributed by atoms with van der Waals surface area (Å²) < 4.78 is 23.0. The summed E-state index contributed by atoms with van der Waals surface area (Å²) in [6.07, 6.45) is 4.16. The molecule has 8 heteroatoms. The van der Waals surface area contributed by atoms with Gasteiger partial charge < -0.3 is 9.80 Å². The average Bonchev–Trinajstić information content (AvgIpc) is 3.09. The Morgan fingerprint density at radius 2 is 1.88 bits per heavy atom. The molecule has 136 valence electrons. The number of pyridine rings is 1. The summed E-state index contributed by atoms with van der Waals surface area (Å²) in [5.41, 5.74) is 0.530. The maximum absolute atomic E-state index is 12.5. The predicted octanol–water partition coefficient (Wildman–Crippen LogP) is 0.237. The number of carbonyl (C=O) groups excluding carboxylic acids is 1. The Labute approximate surface area is 148 Å². The molecule has 1 aromatic heterocycles. The van der Waals surface area contributed by atoms with Crippen molar-refractivity contribution in [2.24, 2.45) is 0 Å². The highest BCUT2D eigenvalue weighted by molar-refractivity contribution is 7.91. The number of nitrogens with zero attached hydrogens (tertiary/aromatic N) is 4. The monoisotopic (exact) mass is 364 g/mol. The standard InChI is InChI=1S/C17H24N4O3S/c22-17(20-8-10-25(23,24)11-9-20)14-3-4-16(18-12-14)21-7-6-19-5-1-2-15(19)13-21/h3-4,12,15H,1-2,5-11,13H2. The third-order valence-electron chi connectivity index (χ3n) is 5.54. The molecule has 3 aliphatic heterocycles. The quantitative estimate of drug-likeness (QED) is 0.748. The molecule has 1 unspecified atom stereocenters. The maximum Gasteiger partial charge on any atom is 0.255 e. The van der Waals surface area contributed by atoms with Crippen molar-refractivity contribution < 1.29 is 13.2 Å². The maximum atomic E-state index is 12.5. The van der Waals surface area contributed by atoms with Crippen molar-refractivity contribution >= 4 is 21.6 Å². The number of hydrogen-bond acceptors (Lipinski definition) is 6. The van der Waals surface area contributed by atoms with Crippen LogP contribution in [0.3, 0.4) is 0 Å². The van der Waals surface area contributed by atoms with Gasteiger partial charge in [-0.1, -0.05) is 0 Å². The lowest BCUT2D eigenvalue weighted by Crippen LogP contribution is -2.50.